The number of oxazole rings is 1. The molecule has 2 aromatic heterocycles. The molecule has 0 radical (unpaired) electrons. The Kier molecular flexibility index (Phi) is 5.30. The first-order valence-corrected chi connectivity index (χ1v) is 11.1. The van der Waals surface area contributed by atoms with Crippen molar-refractivity contribution in [3.8, 4) is 17.0 Å². The number of hydrogen-bond donors (Lipinski definition) is 1. The molecule has 1 aliphatic heterocycles. The van der Waals surface area contributed by atoms with Gasteiger partial charge in [-0.15, -0.1) is 11.3 Å². The smallest absolute Gasteiger partial charge is 0.298 e. The largest absolute Gasteiger partial charge is 0.497 e. The van der Waals surface area contributed by atoms with Crippen molar-refractivity contribution in [1.29, 1.82) is 0 Å². The third-order valence-electron chi connectivity index (χ3n) is 5.54. The van der Waals surface area contributed by atoms with Gasteiger partial charge in [0.2, 0.25) is 5.91 Å². The first-order valence-electron chi connectivity index (χ1n) is 10.2. The van der Waals surface area contributed by atoms with Crippen LogP contribution >= 0.6 is 11.3 Å². The molecule has 31 heavy (non-hydrogen) atoms. The number of amides is 1. The van der Waals surface area contributed by atoms with Gasteiger partial charge < -0.3 is 19.4 Å². The Balaban J connectivity index is 1.18. The minimum Gasteiger partial charge on any atom is -0.497 e. The molecule has 0 atom stereocenters. The molecule has 1 saturated heterocycles. The molecular weight excluding hydrogens is 412 g/mol. The van der Waals surface area contributed by atoms with Crippen molar-refractivity contribution < 1.29 is 13.9 Å². The van der Waals surface area contributed by atoms with Gasteiger partial charge in [0, 0.05) is 30.0 Å². The summed E-state index contributed by atoms with van der Waals surface area (Å²) >= 11 is 1.44. The van der Waals surface area contributed by atoms with Gasteiger partial charge in [0.15, 0.2) is 10.7 Å². The van der Waals surface area contributed by atoms with E-state index in [4.69, 9.17) is 9.15 Å². The number of nitrogens with zero attached hydrogens (tertiary/aromatic N) is 3. The summed E-state index contributed by atoms with van der Waals surface area (Å²) in [6, 6.07) is 16.1. The Morgan fingerprint density at radius 2 is 1.90 bits per heavy atom. The van der Waals surface area contributed by atoms with E-state index in [1.54, 1.807) is 7.11 Å². The van der Waals surface area contributed by atoms with Crippen LogP contribution < -0.4 is 15.0 Å². The minimum atomic E-state index is -0.0473. The molecule has 0 unspecified atom stereocenters. The summed E-state index contributed by atoms with van der Waals surface area (Å²) in [7, 11) is 1.64. The molecule has 0 saturated carbocycles. The van der Waals surface area contributed by atoms with Gasteiger partial charge in [-0.1, -0.05) is 12.1 Å². The minimum absolute atomic E-state index is 0.0212. The summed E-state index contributed by atoms with van der Waals surface area (Å²) in [6.45, 7) is 1.47. The van der Waals surface area contributed by atoms with E-state index in [1.807, 2.05) is 53.9 Å². The van der Waals surface area contributed by atoms with Gasteiger partial charge in [-0.3, -0.25) is 4.79 Å². The molecule has 1 fully saturated rings. The number of methoxy groups -OCH3 is 1. The molecule has 5 rings (SSSR count). The second-order valence-electron chi connectivity index (χ2n) is 7.48. The van der Waals surface area contributed by atoms with E-state index < -0.39 is 0 Å². The first-order chi connectivity index (χ1) is 15.2. The highest BCUT2D eigenvalue weighted by Gasteiger charge is 2.27. The highest BCUT2D eigenvalue weighted by molar-refractivity contribution is 7.14. The van der Waals surface area contributed by atoms with Gasteiger partial charge in [-0.25, -0.2) is 4.98 Å². The molecule has 8 heteroatoms. The Morgan fingerprint density at radius 3 is 2.65 bits per heavy atom. The van der Waals surface area contributed by atoms with Crippen LogP contribution in [-0.4, -0.2) is 36.1 Å². The van der Waals surface area contributed by atoms with Crippen LogP contribution in [0.2, 0.25) is 0 Å². The zero-order valence-corrected chi connectivity index (χ0v) is 17.9. The molecule has 158 valence electrons. The summed E-state index contributed by atoms with van der Waals surface area (Å²) in [6.07, 6.45) is 1.50. The molecule has 7 nitrogen and oxygen atoms in total. The number of carbonyl (C=O) groups is 1. The fraction of sp³-hybridized carbons (Fsp3) is 0.261. The van der Waals surface area contributed by atoms with Crippen molar-refractivity contribution in [2.45, 2.75) is 12.8 Å². The van der Waals surface area contributed by atoms with E-state index in [0.717, 1.165) is 54.0 Å². The maximum Gasteiger partial charge on any atom is 0.298 e. The topological polar surface area (TPSA) is 80.5 Å². The van der Waals surface area contributed by atoms with Crippen molar-refractivity contribution in [2.75, 3.05) is 30.4 Å². The lowest BCUT2D eigenvalue weighted by atomic mass is 9.96. The van der Waals surface area contributed by atoms with Crippen molar-refractivity contribution in [2.24, 2.45) is 5.92 Å². The maximum atomic E-state index is 12.8. The number of rotatable bonds is 5. The Hall–Kier alpha value is -3.39. The fourth-order valence-corrected chi connectivity index (χ4v) is 4.48. The van der Waals surface area contributed by atoms with E-state index in [2.05, 4.69) is 20.2 Å². The normalized spacial score (nSPS) is 14.7. The highest BCUT2D eigenvalue weighted by Crippen LogP contribution is 2.29. The van der Waals surface area contributed by atoms with Crippen LogP contribution in [0.1, 0.15) is 12.8 Å². The van der Waals surface area contributed by atoms with Crippen LogP contribution in [0.4, 0.5) is 11.1 Å². The van der Waals surface area contributed by atoms with E-state index >= 15 is 0 Å². The molecular formula is C23H22N4O3S. The van der Waals surface area contributed by atoms with Gasteiger partial charge >= 0.3 is 0 Å². The molecule has 0 spiro atoms. The maximum absolute atomic E-state index is 12.8. The van der Waals surface area contributed by atoms with Crippen molar-refractivity contribution >= 4 is 39.5 Å². The lowest BCUT2D eigenvalue weighted by Gasteiger charge is -2.29. The van der Waals surface area contributed by atoms with Gasteiger partial charge in [-0.2, -0.15) is 4.98 Å². The fourth-order valence-electron chi connectivity index (χ4n) is 3.76. The van der Waals surface area contributed by atoms with E-state index in [-0.39, 0.29) is 11.8 Å². The molecule has 1 N–H and O–H groups in total. The number of aromatic nitrogens is 2. The Bertz CT molecular complexity index is 1160. The monoisotopic (exact) mass is 434 g/mol. The highest BCUT2D eigenvalue weighted by atomic mass is 32.1. The number of anilines is 2. The number of fused-ring (bicyclic) bond motifs is 1. The van der Waals surface area contributed by atoms with E-state index in [0.29, 0.717) is 11.1 Å². The quantitative estimate of drug-likeness (QED) is 0.485. The molecule has 4 aromatic rings. The van der Waals surface area contributed by atoms with Crippen LogP contribution in [0.5, 0.6) is 5.75 Å². The van der Waals surface area contributed by atoms with Crippen molar-refractivity contribution in [3.63, 3.8) is 0 Å². The van der Waals surface area contributed by atoms with E-state index in [1.165, 1.54) is 11.3 Å². The summed E-state index contributed by atoms with van der Waals surface area (Å²) in [4.78, 5) is 24.0. The molecule has 3 heterocycles. The summed E-state index contributed by atoms with van der Waals surface area (Å²) in [5.74, 6) is 0.776. The van der Waals surface area contributed by atoms with Gasteiger partial charge in [-0.05, 0) is 49.2 Å². The number of piperidine rings is 1. The van der Waals surface area contributed by atoms with Crippen LogP contribution in [-0.2, 0) is 4.79 Å². The second kappa shape index (κ2) is 8.39. The van der Waals surface area contributed by atoms with Gasteiger partial charge in [0.1, 0.15) is 11.3 Å². The molecule has 0 aliphatic carbocycles. The summed E-state index contributed by atoms with van der Waals surface area (Å²) < 4.78 is 11.0. The standard InChI is InChI=1S/C23H22N4O3S/c1-29-17-8-6-15(7-9-17)19-14-31-22(24-19)26-21(28)16-10-12-27(13-11-16)23-25-18-4-2-3-5-20(18)30-23/h2-9,14,16H,10-13H2,1H3,(H,24,26,28). The molecule has 0 bridgehead atoms. The van der Waals surface area contributed by atoms with Crippen LogP contribution in [0.3, 0.4) is 0 Å². The lowest BCUT2D eigenvalue weighted by molar-refractivity contribution is -0.120. The summed E-state index contributed by atoms with van der Waals surface area (Å²) in [5.41, 5.74) is 3.47. The lowest BCUT2D eigenvalue weighted by Crippen LogP contribution is -2.38. The predicted octanol–water partition coefficient (Wildman–Crippen LogP) is 4.82. The number of ether oxygens (including phenoxy) is 1. The van der Waals surface area contributed by atoms with Crippen molar-refractivity contribution in [3.05, 3.63) is 53.9 Å². The number of para-hydroxylation sites is 2. The van der Waals surface area contributed by atoms with Crippen LogP contribution in [0.15, 0.2) is 58.3 Å². The van der Waals surface area contributed by atoms with E-state index in [9.17, 15) is 4.79 Å². The number of nitrogens with one attached hydrogen (secondary N) is 1. The Morgan fingerprint density at radius 1 is 1.13 bits per heavy atom. The van der Waals surface area contributed by atoms with Gasteiger partial charge in [0.05, 0.1) is 12.8 Å². The SMILES string of the molecule is COc1ccc(-c2csc(NC(=O)C3CCN(c4nc5ccccc5o4)CC3)n2)cc1. The molecule has 1 amide bonds. The van der Waals surface area contributed by atoms with Crippen molar-refractivity contribution in [1.82, 2.24) is 9.97 Å². The van der Waals surface area contributed by atoms with Gasteiger partial charge in [0.25, 0.3) is 6.01 Å². The Labute approximate surface area is 183 Å². The summed E-state index contributed by atoms with van der Waals surface area (Å²) in [5, 5.41) is 5.56. The average molecular weight is 435 g/mol. The van der Waals surface area contributed by atoms with Crippen LogP contribution in [0, 0.1) is 5.92 Å². The second-order valence-corrected chi connectivity index (χ2v) is 8.34. The number of thiazole rings is 1. The molecule has 2 aromatic carbocycles. The zero-order valence-electron chi connectivity index (χ0n) is 17.1. The average Bonchev–Trinajstić information content (AvgIpc) is 3.46. The zero-order chi connectivity index (χ0) is 21.2. The molecule has 1 aliphatic rings. The van der Waals surface area contributed by atoms with Crippen LogP contribution in [0.25, 0.3) is 22.4 Å². The number of carbonyl (C=O) groups excluding carboxylic acids is 1. The predicted molar refractivity (Wildman–Crippen MR) is 122 cm³/mol. The number of hydrogen-bond acceptors (Lipinski definition) is 7. The third-order valence-corrected chi connectivity index (χ3v) is 6.30. The first kappa shape index (κ1) is 19.6. The number of benzene rings is 2. The third kappa shape index (κ3) is 4.11.